The standard InChI is InChI=1S/C22H22ClN3OS/c1-22(2,3)20-18-19(14-9-11-15(23)12-10-14)28-13-17(27)24-21(18)26(25-20)16-7-5-4-6-8-16/h4-12,19H,13H2,1-3H3,(H,24,27)/t19-/m1/s1. The topological polar surface area (TPSA) is 46.9 Å². The van der Waals surface area contributed by atoms with Gasteiger partial charge >= 0.3 is 0 Å². The number of benzene rings is 2. The molecule has 144 valence electrons. The van der Waals surface area contributed by atoms with Crippen LogP contribution in [0.2, 0.25) is 5.02 Å². The lowest BCUT2D eigenvalue weighted by Crippen LogP contribution is -2.16. The first kappa shape index (κ1) is 19.1. The zero-order valence-corrected chi connectivity index (χ0v) is 17.6. The minimum atomic E-state index is -0.176. The summed E-state index contributed by atoms with van der Waals surface area (Å²) >= 11 is 7.73. The van der Waals surface area contributed by atoms with E-state index in [4.69, 9.17) is 16.7 Å². The number of thioether (sulfide) groups is 1. The SMILES string of the molecule is CC(C)(C)c1nn(-c2ccccc2)c2c1[C@@H](c1ccc(Cl)cc1)SCC(=O)N2. The molecule has 1 amide bonds. The predicted molar refractivity (Wildman–Crippen MR) is 117 cm³/mol. The largest absolute Gasteiger partial charge is 0.310 e. The maximum Gasteiger partial charge on any atom is 0.235 e. The molecule has 2 aromatic carbocycles. The third kappa shape index (κ3) is 3.56. The van der Waals surface area contributed by atoms with E-state index in [1.165, 1.54) is 0 Å². The zero-order valence-electron chi connectivity index (χ0n) is 16.1. The lowest BCUT2D eigenvalue weighted by Gasteiger charge is -2.22. The number of halogens is 1. The van der Waals surface area contributed by atoms with E-state index >= 15 is 0 Å². The van der Waals surface area contributed by atoms with Crippen LogP contribution >= 0.6 is 23.4 Å². The highest BCUT2D eigenvalue weighted by Crippen LogP contribution is 2.46. The molecule has 1 N–H and O–H groups in total. The Morgan fingerprint density at radius 1 is 1.11 bits per heavy atom. The highest BCUT2D eigenvalue weighted by molar-refractivity contribution is 8.00. The summed E-state index contributed by atoms with van der Waals surface area (Å²) in [6.45, 7) is 6.46. The smallest absolute Gasteiger partial charge is 0.235 e. The van der Waals surface area contributed by atoms with E-state index in [0.717, 1.165) is 28.3 Å². The Morgan fingerprint density at radius 3 is 2.43 bits per heavy atom. The van der Waals surface area contributed by atoms with Crippen LogP contribution in [0.4, 0.5) is 5.82 Å². The molecule has 3 aromatic rings. The van der Waals surface area contributed by atoms with E-state index in [-0.39, 0.29) is 16.6 Å². The van der Waals surface area contributed by atoms with Gasteiger partial charge in [-0.2, -0.15) is 5.10 Å². The molecular formula is C22H22ClN3OS. The second-order valence-corrected chi connectivity index (χ2v) is 9.43. The minimum Gasteiger partial charge on any atom is -0.310 e. The van der Waals surface area contributed by atoms with E-state index in [9.17, 15) is 4.79 Å². The molecule has 0 fully saturated rings. The first-order valence-electron chi connectivity index (χ1n) is 9.20. The molecule has 1 aliphatic heterocycles. The number of para-hydroxylation sites is 1. The number of aromatic nitrogens is 2. The first-order chi connectivity index (χ1) is 13.3. The molecule has 1 atom stereocenters. The lowest BCUT2D eigenvalue weighted by atomic mass is 9.87. The van der Waals surface area contributed by atoms with Crippen LogP contribution in [-0.2, 0) is 10.2 Å². The number of fused-ring (bicyclic) bond motifs is 1. The van der Waals surface area contributed by atoms with Crippen molar-refractivity contribution < 1.29 is 4.79 Å². The van der Waals surface area contributed by atoms with Gasteiger partial charge in [0.1, 0.15) is 5.82 Å². The fraction of sp³-hybridized carbons (Fsp3) is 0.273. The molecule has 0 saturated carbocycles. The van der Waals surface area contributed by atoms with Crippen LogP contribution in [0.3, 0.4) is 0 Å². The summed E-state index contributed by atoms with van der Waals surface area (Å²) < 4.78 is 1.86. The molecule has 1 aromatic heterocycles. The number of carbonyl (C=O) groups is 1. The van der Waals surface area contributed by atoms with Crippen molar-refractivity contribution in [3.8, 4) is 5.69 Å². The monoisotopic (exact) mass is 411 g/mol. The van der Waals surface area contributed by atoms with Crippen molar-refractivity contribution in [3.63, 3.8) is 0 Å². The number of hydrogen-bond acceptors (Lipinski definition) is 3. The summed E-state index contributed by atoms with van der Waals surface area (Å²) in [7, 11) is 0. The van der Waals surface area contributed by atoms with Gasteiger partial charge in [0.25, 0.3) is 0 Å². The Hall–Kier alpha value is -2.24. The average molecular weight is 412 g/mol. The maximum absolute atomic E-state index is 12.5. The Bertz CT molecular complexity index is 1010. The number of nitrogens with one attached hydrogen (secondary N) is 1. The second kappa shape index (κ2) is 7.30. The van der Waals surface area contributed by atoms with Gasteiger partial charge in [-0.05, 0) is 29.8 Å². The van der Waals surface area contributed by atoms with Crippen molar-refractivity contribution in [2.45, 2.75) is 31.4 Å². The summed E-state index contributed by atoms with van der Waals surface area (Å²) in [6.07, 6.45) is 0. The molecule has 0 aliphatic carbocycles. The van der Waals surface area contributed by atoms with Gasteiger partial charge < -0.3 is 5.32 Å². The van der Waals surface area contributed by atoms with Gasteiger partial charge in [-0.3, -0.25) is 4.79 Å². The molecule has 0 radical (unpaired) electrons. The van der Waals surface area contributed by atoms with Crippen LogP contribution in [0.1, 0.15) is 42.8 Å². The van der Waals surface area contributed by atoms with Gasteiger partial charge in [0.15, 0.2) is 0 Å². The van der Waals surface area contributed by atoms with E-state index < -0.39 is 0 Å². The number of hydrogen-bond donors (Lipinski definition) is 1. The summed E-state index contributed by atoms with van der Waals surface area (Å²) in [6, 6.07) is 17.8. The molecule has 4 rings (SSSR count). The number of amides is 1. The van der Waals surface area contributed by atoms with Crippen molar-refractivity contribution in [2.24, 2.45) is 0 Å². The maximum atomic E-state index is 12.5. The molecule has 0 saturated heterocycles. The molecule has 6 heteroatoms. The van der Waals surface area contributed by atoms with E-state index in [1.807, 2.05) is 59.3 Å². The summed E-state index contributed by atoms with van der Waals surface area (Å²) in [4.78, 5) is 12.5. The Kier molecular flexibility index (Phi) is 4.98. The van der Waals surface area contributed by atoms with Gasteiger partial charge in [-0.1, -0.05) is 62.7 Å². The number of nitrogens with zero attached hydrogens (tertiary/aromatic N) is 2. The highest BCUT2D eigenvalue weighted by Gasteiger charge is 2.35. The predicted octanol–water partition coefficient (Wildman–Crippen LogP) is 5.60. The fourth-order valence-corrected chi connectivity index (χ4v) is 4.68. The zero-order chi connectivity index (χ0) is 19.9. The van der Waals surface area contributed by atoms with Gasteiger partial charge in [-0.25, -0.2) is 4.68 Å². The molecular weight excluding hydrogens is 390 g/mol. The van der Waals surface area contributed by atoms with Crippen LogP contribution in [0.15, 0.2) is 54.6 Å². The fourth-order valence-electron chi connectivity index (χ4n) is 3.42. The van der Waals surface area contributed by atoms with Crippen molar-refractivity contribution >= 4 is 35.1 Å². The lowest BCUT2D eigenvalue weighted by molar-refractivity contribution is -0.113. The molecule has 0 bridgehead atoms. The quantitative estimate of drug-likeness (QED) is 0.597. The Labute approximate surface area is 174 Å². The van der Waals surface area contributed by atoms with Crippen molar-refractivity contribution in [2.75, 3.05) is 11.1 Å². The number of rotatable bonds is 2. The normalized spacial score (nSPS) is 17.0. The molecule has 2 heterocycles. The third-order valence-corrected chi connectivity index (χ3v) is 6.23. The molecule has 4 nitrogen and oxygen atoms in total. The van der Waals surface area contributed by atoms with Crippen molar-refractivity contribution in [1.82, 2.24) is 9.78 Å². The van der Waals surface area contributed by atoms with Gasteiger partial charge in [0.05, 0.1) is 22.4 Å². The summed E-state index contributed by atoms with van der Waals surface area (Å²) in [5, 5.41) is 8.77. The van der Waals surface area contributed by atoms with Crippen LogP contribution in [0.25, 0.3) is 5.69 Å². The van der Waals surface area contributed by atoms with E-state index in [2.05, 4.69) is 26.1 Å². The summed E-state index contributed by atoms with van der Waals surface area (Å²) in [5.74, 6) is 1.13. The highest BCUT2D eigenvalue weighted by atomic mass is 35.5. The van der Waals surface area contributed by atoms with E-state index in [1.54, 1.807) is 11.8 Å². The third-order valence-electron chi connectivity index (χ3n) is 4.71. The van der Waals surface area contributed by atoms with Crippen LogP contribution < -0.4 is 5.32 Å². The molecule has 28 heavy (non-hydrogen) atoms. The van der Waals surface area contributed by atoms with Crippen LogP contribution in [-0.4, -0.2) is 21.4 Å². The molecule has 1 aliphatic rings. The molecule has 0 spiro atoms. The van der Waals surface area contributed by atoms with Crippen LogP contribution in [0.5, 0.6) is 0 Å². The van der Waals surface area contributed by atoms with Crippen LogP contribution in [0, 0.1) is 0 Å². The van der Waals surface area contributed by atoms with Gasteiger partial charge in [-0.15, -0.1) is 11.8 Å². The summed E-state index contributed by atoms with van der Waals surface area (Å²) in [5.41, 5.74) is 3.92. The number of carbonyl (C=O) groups excluding carboxylic acids is 1. The molecule has 0 unspecified atom stereocenters. The van der Waals surface area contributed by atoms with E-state index in [0.29, 0.717) is 10.8 Å². The van der Waals surface area contributed by atoms with Crippen molar-refractivity contribution in [1.29, 1.82) is 0 Å². The average Bonchev–Trinajstić information content (AvgIpc) is 2.95. The first-order valence-corrected chi connectivity index (χ1v) is 10.6. The Morgan fingerprint density at radius 2 is 1.79 bits per heavy atom. The Balaban J connectivity index is 1.98. The van der Waals surface area contributed by atoms with Crippen molar-refractivity contribution in [3.05, 3.63) is 76.4 Å². The second-order valence-electron chi connectivity index (χ2n) is 7.90. The number of anilines is 1. The van der Waals surface area contributed by atoms with Gasteiger partial charge in [0.2, 0.25) is 5.91 Å². The van der Waals surface area contributed by atoms with Gasteiger partial charge in [0, 0.05) is 16.0 Å². The minimum absolute atomic E-state index is 0.00194.